The summed E-state index contributed by atoms with van der Waals surface area (Å²) in [5, 5.41) is 0. The van der Waals surface area contributed by atoms with Crippen LogP contribution in [0.4, 0.5) is 4.39 Å². The molecule has 3 nitrogen and oxygen atoms in total. The predicted octanol–water partition coefficient (Wildman–Crippen LogP) is 1.38. The first-order valence-electron chi connectivity index (χ1n) is 3.63. The molecule has 0 heterocycles. The Kier molecular flexibility index (Phi) is 5.87. The van der Waals surface area contributed by atoms with E-state index in [4.69, 9.17) is 0 Å². The lowest BCUT2D eigenvalue weighted by Crippen LogP contribution is -2.10. The fourth-order valence-corrected chi connectivity index (χ4v) is 0.621. The first kappa shape index (κ1) is 10.8. The quantitative estimate of drug-likeness (QED) is 0.467. The summed E-state index contributed by atoms with van der Waals surface area (Å²) in [5.74, 6) is -0.905. The molecule has 0 unspecified atom stereocenters. The maximum atomic E-state index is 11.4. The third-order valence-electron chi connectivity index (χ3n) is 1.08. The number of carbonyl (C=O) groups excluding carboxylic acids is 2. The molecule has 12 heavy (non-hydrogen) atoms. The molecule has 0 aromatic carbocycles. The first-order valence-corrected chi connectivity index (χ1v) is 3.63. The molecule has 0 aromatic rings. The van der Waals surface area contributed by atoms with E-state index < -0.39 is 5.97 Å². The lowest BCUT2D eigenvalue weighted by Gasteiger charge is -1.98. The van der Waals surface area contributed by atoms with Crippen LogP contribution in [0.5, 0.6) is 0 Å². The molecule has 0 aliphatic rings. The van der Waals surface area contributed by atoms with Crippen LogP contribution < -0.4 is 0 Å². The summed E-state index contributed by atoms with van der Waals surface area (Å²) < 4.78 is 15.9. The average molecular weight is 174 g/mol. The van der Waals surface area contributed by atoms with Crippen molar-refractivity contribution in [3.05, 3.63) is 12.4 Å². The van der Waals surface area contributed by atoms with Crippen molar-refractivity contribution in [3.63, 3.8) is 0 Å². The highest BCUT2D eigenvalue weighted by Crippen LogP contribution is 1.94. The highest BCUT2D eigenvalue weighted by Gasteiger charge is 2.07. The average Bonchev–Trinajstić information content (AvgIpc) is 2.01. The van der Waals surface area contributed by atoms with Gasteiger partial charge in [0.05, 0.1) is 12.9 Å². The van der Waals surface area contributed by atoms with Crippen LogP contribution in [0.1, 0.15) is 19.8 Å². The van der Waals surface area contributed by atoms with E-state index in [0.29, 0.717) is 0 Å². The van der Waals surface area contributed by atoms with Crippen molar-refractivity contribution in [1.29, 1.82) is 0 Å². The van der Waals surface area contributed by atoms with E-state index in [2.05, 4.69) is 4.74 Å². The minimum Gasteiger partial charge on any atom is -0.466 e. The molecule has 0 atom stereocenters. The Balaban J connectivity index is 3.61. The molecule has 0 aromatic heterocycles. The van der Waals surface area contributed by atoms with Crippen LogP contribution in [-0.2, 0) is 14.3 Å². The van der Waals surface area contributed by atoms with E-state index in [9.17, 15) is 14.0 Å². The highest BCUT2D eigenvalue weighted by molar-refractivity contribution is 5.96. The SMILES string of the molecule is CCOC(=O)CC(=O)CC=CF. The monoisotopic (exact) mass is 174 g/mol. The van der Waals surface area contributed by atoms with Gasteiger partial charge in [-0.15, -0.1) is 0 Å². The second-order valence-corrected chi connectivity index (χ2v) is 2.09. The van der Waals surface area contributed by atoms with Crippen molar-refractivity contribution in [2.75, 3.05) is 6.61 Å². The van der Waals surface area contributed by atoms with Crippen LogP contribution in [0.15, 0.2) is 12.4 Å². The number of hydrogen-bond donors (Lipinski definition) is 0. The standard InChI is InChI=1S/C8H11FO3/c1-2-12-8(11)6-7(10)4-3-5-9/h3,5H,2,4,6H2,1H3. The summed E-state index contributed by atoms with van der Waals surface area (Å²) in [5.41, 5.74) is 0. The Morgan fingerprint density at radius 1 is 1.50 bits per heavy atom. The zero-order valence-corrected chi connectivity index (χ0v) is 6.88. The largest absolute Gasteiger partial charge is 0.466 e. The van der Waals surface area contributed by atoms with Gasteiger partial charge in [0.1, 0.15) is 12.2 Å². The van der Waals surface area contributed by atoms with E-state index in [1.54, 1.807) is 6.92 Å². The van der Waals surface area contributed by atoms with Gasteiger partial charge in [0.15, 0.2) is 0 Å². The summed E-state index contributed by atoms with van der Waals surface area (Å²) in [6.07, 6.45) is 0.998. The van der Waals surface area contributed by atoms with Gasteiger partial charge in [-0.05, 0) is 13.0 Å². The fraction of sp³-hybridized carbons (Fsp3) is 0.500. The number of rotatable bonds is 5. The van der Waals surface area contributed by atoms with Crippen LogP contribution >= 0.6 is 0 Å². The second kappa shape index (κ2) is 6.52. The number of ether oxygens (including phenoxy) is 1. The van der Waals surface area contributed by atoms with E-state index >= 15 is 0 Å². The van der Waals surface area contributed by atoms with Crippen molar-refractivity contribution < 1.29 is 18.7 Å². The molecule has 0 bridgehead atoms. The van der Waals surface area contributed by atoms with Gasteiger partial charge >= 0.3 is 5.97 Å². The van der Waals surface area contributed by atoms with E-state index in [1.165, 1.54) is 0 Å². The van der Waals surface area contributed by atoms with Gasteiger partial charge < -0.3 is 4.74 Å². The Hall–Kier alpha value is -1.19. The van der Waals surface area contributed by atoms with Crippen molar-refractivity contribution in [3.8, 4) is 0 Å². The molecule has 0 aliphatic heterocycles. The zero-order valence-electron chi connectivity index (χ0n) is 6.88. The normalized spacial score (nSPS) is 10.2. The van der Waals surface area contributed by atoms with Crippen LogP contribution in [-0.4, -0.2) is 18.4 Å². The van der Waals surface area contributed by atoms with E-state index in [0.717, 1.165) is 6.08 Å². The van der Waals surface area contributed by atoms with Gasteiger partial charge in [-0.3, -0.25) is 9.59 Å². The molecule has 0 rings (SSSR count). The summed E-state index contributed by atoms with van der Waals surface area (Å²) >= 11 is 0. The molecule has 68 valence electrons. The zero-order chi connectivity index (χ0) is 9.40. The number of halogens is 1. The molecule has 0 N–H and O–H groups in total. The Bertz CT molecular complexity index is 187. The van der Waals surface area contributed by atoms with Crippen LogP contribution in [0.2, 0.25) is 0 Å². The maximum Gasteiger partial charge on any atom is 0.313 e. The molecule has 4 heteroatoms. The van der Waals surface area contributed by atoms with Crippen molar-refractivity contribution in [1.82, 2.24) is 0 Å². The highest BCUT2D eigenvalue weighted by atomic mass is 19.1. The lowest BCUT2D eigenvalue weighted by atomic mass is 10.2. The third kappa shape index (κ3) is 5.58. The van der Waals surface area contributed by atoms with Gasteiger partial charge in [-0.2, -0.15) is 0 Å². The number of ketones is 1. The Labute approximate surface area is 70.2 Å². The van der Waals surface area contributed by atoms with Gasteiger partial charge in [0.2, 0.25) is 0 Å². The van der Waals surface area contributed by atoms with Gasteiger partial charge in [-0.25, -0.2) is 4.39 Å². The number of allylic oxidation sites excluding steroid dienone is 1. The minimum absolute atomic E-state index is 0.0602. The topological polar surface area (TPSA) is 43.4 Å². The van der Waals surface area contributed by atoms with E-state index in [1.807, 2.05) is 0 Å². The predicted molar refractivity (Wildman–Crippen MR) is 41.1 cm³/mol. The van der Waals surface area contributed by atoms with Crippen LogP contribution in [0, 0.1) is 0 Å². The number of carbonyl (C=O) groups is 2. The fourth-order valence-electron chi connectivity index (χ4n) is 0.621. The molecule has 0 saturated heterocycles. The first-order chi connectivity index (χ1) is 5.70. The molecule has 0 amide bonds. The number of hydrogen-bond acceptors (Lipinski definition) is 3. The Morgan fingerprint density at radius 2 is 2.17 bits per heavy atom. The molecular weight excluding hydrogens is 163 g/mol. The molecule has 0 aliphatic carbocycles. The molecule has 0 spiro atoms. The minimum atomic E-state index is -0.560. The molecule has 0 saturated carbocycles. The smallest absolute Gasteiger partial charge is 0.313 e. The van der Waals surface area contributed by atoms with Crippen molar-refractivity contribution in [2.24, 2.45) is 0 Å². The van der Waals surface area contributed by atoms with Gasteiger partial charge in [0, 0.05) is 6.42 Å². The Morgan fingerprint density at radius 3 is 2.67 bits per heavy atom. The molecule has 0 radical (unpaired) electrons. The molecular formula is C8H11FO3. The summed E-state index contributed by atoms with van der Waals surface area (Å²) in [4.78, 5) is 21.4. The summed E-state index contributed by atoms with van der Waals surface area (Å²) in [6.45, 7) is 1.91. The van der Waals surface area contributed by atoms with Crippen molar-refractivity contribution >= 4 is 11.8 Å². The summed E-state index contributed by atoms with van der Waals surface area (Å²) in [7, 11) is 0. The lowest BCUT2D eigenvalue weighted by molar-refractivity contribution is -0.145. The van der Waals surface area contributed by atoms with Gasteiger partial charge in [-0.1, -0.05) is 0 Å². The van der Waals surface area contributed by atoms with E-state index in [-0.39, 0.29) is 31.6 Å². The van der Waals surface area contributed by atoms with Gasteiger partial charge in [0.25, 0.3) is 0 Å². The summed E-state index contributed by atoms with van der Waals surface area (Å²) in [6, 6.07) is 0. The molecule has 0 fully saturated rings. The maximum absolute atomic E-state index is 11.4. The van der Waals surface area contributed by atoms with Crippen LogP contribution in [0.25, 0.3) is 0 Å². The third-order valence-corrected chi connectivity index (χ3v) is 1.08. The number of Topliss-reactive ketones (excluding diaryl/α,β-unsaturated/α-hetero) is 1. The van der Waals surface area contributed by atoms with Crippen molar-refractivity contribution in [2.45, 2.75) is 19.8 Å². The number of esters is 1. The van der Waals surface area contributed by atoms with Crippen LogP contribution in [0.3, 0.4) is 0 Å². The second-order valence-electron chi connectivity index (χ2n) is 2.09.